The van der Waals surface area contributed by atoms with Crippen LogP contribution in [0, 0.1) is 5.92 Å². The summed E-state index contributed by atoms with van der Waals surface area (Å²) in [5, 5.41) is 9.19. The summed E-state index contributed by atoms with van der Waals surface area (Å²) in [6, 6.07) is 0.623. The van der Waals surface area contributed by atoms with E-state index in [9.17, 15) is 5.11 Å². The van der Waals surface area contributed by atoms with E-state index in [4.69, 9.17) is 5.73 Å². The van der Waals surface area contributed by atoms with Gasteiger partial charge in [0.25, 0.3) is 0 Å². The third-order valence-electron chi connectivity index (χ3n) is 3.35. The van der Waals surface area contributed by atoms with Crippen LogP contribution in [0.4, 0.5) is 0 Å². The van der Waals surface area contributed by atoms with E-state index in [2.05, 4.69) is 18.9 Å². The molecule has 0 aliphatic heterocycles. The lowest BCUT2D eigenvalue weighted by molar-refractivity contribution is 0.0212. The fourth-order valence-electron chi connectivity index (χ4n) is 2.33. The molecule has 1 unspecified atom stereocenters. The van der Waals surface area contributed by atoms with Crippen LogP contribution in [0.1, 0.15) is 32.6 Å². The first-order valence-electron chi connectivity index (χ1n) is 5.75. The van der Waals surface area contributed by atoms with Crippen LogP contribution in [0.5, 0.6) is 0 Å². The van der Waals surface area contributed by atoms with Gasteiger partial charge in [-0.15, -0.1) is 0 Å². The summed E-state index contributed by atoms with van der Waals surface area (Å²) in [5.74, 6) is 0.710. The van der Waals surface area contributed by atoms with Crippen molar-refractivity contribution in [1.29, 1.82) is 0 Å². The van der Waals surface area contributed by atoms with Gasteiger partial charge in [-0.1, -0.05) is 6.92 Å². The van der Waals surface area contributed by atoms with Gasteiger partial charge in [0, 0.05) is 12.6 Å². The molecule has 1 saturated carbocycles. The van der Waals surface area contributed by atoms with E-state index in [1.54, 1.807) is 0 Å². The van der Waals surface area contributed by atoms with Gasteiger partial charge in [0.05, 0.1) is 6.10 Å². The summed E-state index contributed by atoms with van der Waals surface area (Å²) in [5.41, 5.74) is 5.58. The number of aliphatic hydroxyl groups is 1. The summed E-state index contributed by atoms with van der Waals surface area (Å²) >= 11 is 0. The smallest absolute Gasteiger partial charge is 0.0546 e. The first-order chi connectivity index (χ1) is 6.67. The Morgan fingerprint density at radius 1 is 1.50 bits per heavy atom. The standard InChI is InChI=1S/C11H24N2O/c1-3-10(4-5-12)13(2)8-9-6-11(14)7-9/h9-11,14H,3-8,12H2,1-2H3. The molecule has 0 radical (unpaired) electrons. The second-order valence-corrected chi connectivity index (χ2v) is 4.57. The molecule has 0 aromatic carbocycles. The fraction of sp³-hybridized carbons (Fsp3) is 1.00. The molecule has 1 rings (SSSR count). The summed E-state index contributed by atoms with van der Waals surface area (Å²) in [4.78, 5) is 2.41. The topological polar surface area (TPSA) is 49.5 Å². The third kappa shape index (κ3) is 3.23. The highest BCUT2D eigenvalue weighted by molar-refractivity contribution is 4.82. The molecule has 0 bridgehead atoms. The summed E-state index contributed by atoms with van der Waals surface area (Å²) in [6.45, 7) is 4.11. The van der Waals surface area contributed by atoms with Crippen LogP contribution < -0.4 is 5.73 Å². The number of rotatable bonds is 6. The van der Waals surface area contributed by atoms with Crippen molar-refractivity contribution in [2.45, 2.75) is 44.8 Å². The third-order valence-corrected chi connectivity index (χ3v) is 3.35. The highest BCUT2D eigenvalue weighted by atomic mass is 16.3. The average molecular weight is 200 g/mol. The molecule has 3 nitrogen and oxygen atoms in total. The average Bonchev–Trinajstić information content (AvgIpc) is 2.11. The predicted octanol–water partition coefficient (Wildman–Crippen LogP) is 0.817. The van der Waals surface area contributed by atoms with Crippen molar-refractivity contribution in [3.63, 3.8) is 0 Å². The summed E-state index contributed by atoms with van der Waals surface area (Å²) < 4.78 is 0. The second-order valence-electron chi connectivity index (χ2n) is 4.57. The number of hydrogen-bond donors (Lipinski definition) is 2. The van der Waals surface area contributed by atoms with E-state index < -0.39 is 0 Å². The second kappa shape index (κ2) is 5.69. The Labute approximate surface area is 87.3 Å². The van der Waals surface area contributed by atoms with E-state index in [1.807, 2.05) is 0 Å². The molecule has 1 atom stereocenters. The lowest BCUT2D eigenvalue weighted by Crippen LogP contribution is -2.41. The largest absolute Gasteiger partial charge is 0.393 e. The van der Waals surface area contributed by atoms with Crippen molar-refractivity contribution in [2.24, 2.45) is 11.7 Å². The van der Waals surface area contributed by atoms with Crippen molar-refractivity contribution in [3.8, 4) is 0 Å². The van der Waals surface area contributed by atoms with E-state index in [-0.39, 0.29) is 6.10 Å². The van der Waals surface area contributed by atoms with Crippen LogP contribution in [0.2, 0.25) is 0 Å². The van der Waals surface area contributed by atoms with Crippen LogP contribution in [-0.4, -0.2) is 42.3 Å². The van der Waals surface area contributed by atoms with Crippen molar-refractivity contribution in [2.75, 3.05) is 20.1 Å². The highest BCUT2D eigenvalue weighted by Crippen LogP contribution is 2.28. The van der Waals surface area contributed by atoms with E-state index in [1.165, 1.54) is 6.42 Å². The predicted molar refractivity (Wildman–Crippen MR) is 59.1 cm³/mol. The number of nitrogens with two attached hydrogens (primary N) is 1. The Balaban J connectivity index is 2.21. The van der Waals surface area contributed by atoms with Gasteiger partial charge in [0.15, 0.2) is 0 Å². The highest BCUT2D eigenvalue weighted by Gasteiger charge is 2.29. The van der Waals surface area contributed by atoms with Crippen LogP contribution in [0.25, 0.3) is 0 Å². The Morgan fingerprint density at radius 3 is 2.57 bits per heavy atom. The van der Waals surface area contributed by atoms with E-state index in [0.29, 0.717) is 12.0 Å². The van der Waals surface area contributed by atoms with Gasteiger partial charge in [0.2, 0.25) is 0 Å². The number of aliphatic hydroxyl groups excluding tert-OH is 1. The quantitative estimate of drug-likeness (QED) is 0.667. The molecule has 3 N–H and O–H groups in total. The van der Waals surface area contributed by atoms with Crippen LogP contribution in [0.15, 0.2) is 0 Å². The molecular formula is C11H24N2O. The summed E-state index contributed by atoms with van der Waals surface area (Å²) in [6.07, 6.45) is 4.21. The molecule has 14 heavy (non-hydrogen) atoms. The molecule has 0 heterocycles. The Kier molecular flexibility index (Phi) is 4.85. The Morgan fingerprint density at radius 2 is 2.14 bits per heavy atom. The zero-order valence-electron chi connectivity index (χ0n) is 9.45. The van der Waals surface area contributed by atoms with Gasteiger partial charge in [-0.3, -0.25) is 0 Å². The van der Waals surface area contributed by atoms with E-state index >= 15 is 0 Å². The fourth-order valence-corrected chi connectivity index (χ4v) is 2.33. The maximum Gasteiger partial charge on any atom is 0.0546 e. The molecule has 1 aliphatic rings. The first kappa shape index (κ1) is 12.0. The van der Waals surface area contributed by atoms with Crippen molar-refractivity contribution in [1.82, 2.24) is 4.90 Å². The minimum Gasteiger partial charge on any atom is -0.393 e. The normalized spacial score (nSPS) is 28.9. The number of nitrogens with zero attached hydrogens (tertiary/aromatic N) is 1. The molecular weight excluding hydrogens is 176 g/mol. The SMILES string of the molecule is CCC(CCN)N(C)CC1CC(O)C1. The molecule has 84 valence electrons. The van der Waals surface area contributed by atoms with Gasteiger partial charge < -0.3 is 15.7 Å². The molecule has 0 aromatic heterocycles. The van der Waals surface area contributed by atoms with Crippen LogP contribution in [-0.2, 0) is 0 Å². The van der Waals surface area contributed by atoms with Crippen molar-refractivity contribution < 1.29 is 5.11 Å². The van der Waals surface area contributed by atoms with Crippen LogP contribution >= 0.6 is 0 Å². The van der Waals surface area contributed by atoms with Gasteiger partial charge in [-0.25, -0.2) is 0 Å². The molecule has 0 amide bonds. The zero-order chi connectivity index (χ0) is 10.6. The number of hydrogen-bond acceptors (Lipinski definition) is 3. The Bertz CT molecular complexity index is 157. The molecule has 1 fully saturated rings. The summed E-state index contributed by atoms with van der Waals surface area (Å²) in [7, 11) is 2.18. The van der Waals surface area contributed by atoms with Gasteiger partial charge in [-0.05, 0) is 45.2 Å². The molecule has 1 aliphatic carbocycles. The minimum atomic E-state index is -0.0250. The maximum absolute atomic E-state index is 9.19. The molecule has 0 saturated heterocycles. The van der Waals surface area contributed by atoms with Crippen molar-refractivity contribution in [3.05, 3.63) is 0 Å². The van der Waals surface area contributed by atoms with E-state index in [0.717, 1.165) is 32.4 Å². The lowest BCUT2D eigenvalue weighted by atomic mass is 9.82. The first-order valence-corrected chi connectivity index (χ1v) is 5.75. The van der Waals surface area contributed by atoms with Gasteiger partial charge >= 0.3 is 0 Å². The zero-order valence-corrected chi connectivity index (χ0v) is 9.45. The van der Waals surface area contributed by atoms with Crippen LogP contribution in [0.3, 0.4) is 0 Å². The minimum absolute atomic E-state index is 0.0250. The molecule has 0 spiro atoms. The Hall–Kier alpha value is -0.120. The molecule has 0 aromatic rings. The molecule has 3 heteroatoms. The lowest BCUT2D eigenvalue weighted by Gasteiger charge is -2.37. The van der Waals surface area contributed by atoms with Crippen molar-refractivity contribution >= 4 is 0 Å². The van der Waals surface area contributed by atoms with Gasteiger partial charge in [0.1, 0.15) is 0 Å². The monoisotopic (exact) mass is 200 g/mol. The maximum atomic E-state index is 9.19. The van der Waals surface area contributed by atoms with Gasteiger partial charge in [-0.2, -0.15) is 0 Å².